The van der Waals surface area contributed by atoms with E-state index in [4.69, 9.17) is 4.74 Å². The minimum absolute atomic E-state index is 0.435. The first-order valence-electron chi connectivity index (χ1n) is 6.72. The molecule has 2 rings (SSSR count). The van der Waals surface area contributed by atoms with Crippen LogP contribution in [0.4, 0.5) is 0 Å². The highest BCUT2D eigenvalue weighted by molar-refractivity contribution is 7.98. The van der Waals surface area contributed by atoms with E-state index >= 15 is 0 Å². The van der Waals surface area contributed by atoms with Crippen LogP contribution in [0.1, 0.15) is 27.9 Å². The number of thioether (sulfide) groups is 1. The second-order valence-corrected chi connectivity index (χ2v) is 5.89. The number of rotatable bonds is 5. The molecule has 0 bridgehead atoms. The van der Waals surface area contributed by atoms with Gasteiger partial charge in [0, 0.05) is 18.6 Å². The molecule has 1 heterocycles. The van der Waals surface area contributed by atoms with Gasteiger partial charge in [-0.1, -0.05) is 29.8 Å². The van der Waals surface area contributed by atoms with Gasteiger partial charge in [-0.2, -0.15) is 5.26 Å². The number of methoxy groups -OCH3 is 1. The summed E-state index contributed by atoms with van der Waals surface area (Å²) in [7, 11) is 1.63. The molecule has 0 radical (unpaired) electrons. The summed E-state index contributed by atoms with van der Waals surface area (Å²) in [5.74, 6) is 0.803. The number of benzene rings is 1. The molecular weight excluding hydrogens is 280 g/mol. The average Bonchev–Trinajstić information content (AvgIpc) is 2.47. The molecule has 0 saturated heterocycles. The summed E-state index contributed by atoms with van der Waals surface area (Å²) in [5, 5.41) is 10.2. The van der Waals surface area contributed by atoms with Crippen LogP contribution in [-0.4, -0.2) is 12.1 Å². The van der Waals surface area contributed by atoms with Crippen molar-refractivity contribution in [3.63, 3.8) is 0 Å². The lowest BCUT2D eigenvalue weighted by Gasteiger charge is -2.09. The molecule has 0 aliphatic heterocycles. The number of hydrogen-bond donors (Lipinski definition) is 0. The molecule has 1 aromatic heterocycles. The van der Waals surface area contributed by atoms with Gasteiger partial charge < -0.3 is 4.74 Å². The van der Waals surface area contributed by atoms with Gasteiger partial charge in [0.05, 0.1) is 12.2 Å². The van der Waals surface area contributed by atoms with Crippen LogP contribution in [0.3, 0.4) is 0 Å². The van der Waals surface area contributed by atoms with Gasteiger partial charge in [-0.05, 0) is 31.0 Å². The molecule has 3 nitrogen and oxygen atoms in total. The summed E-state index contributed by atoms with van der Waals surface area (Å²) in [5.41, 5.74) is 4.91. The lowest BCUT2D eigenvalue weighted by molar-refractivity contribution is 0.184. The molecule has 0 aliphatic rings. The molecule has 0 aliphatic carbocycles. The van der Waals surface area contributed by atoms with Gasteiger partial charge in [0.1, 0.15) is 11.1 Å². The molecule has 0 amide bonds. The van der Waals surface area contributed by atoms with E-state index in [0.717, 1.165) is 22.0 Å². The molecule has 0 atom stereocenters. The van der Waals surface area contributed by atoms with Crippen LogP contribution in [-0.2, 0) is 17.1 Å². The predicted molar refractivity (Wildman–Crippen MR) is 85.1 cm³/mol. The fourth-order valence-corrected chi connectivity index (χ4v) is 3.06. The highest BCUT2D eigenvalue weighted by atomic mass is 32.2. The number of hydrogen-bond acceptors (Lipinski definition) is 4. The standard InChI is InChI=1S/C17H18N2OS/c1-12-4-6-14(7-5-12)11-21-17-16(9-18)15(10-20-3)8-13(2)19-17/h4-8H,10-11H2,1-3H3. The fourth-order valence-electron chi connectivity index (χ4n) is 2.04. The molecule has 0 saturated carbocycles. The second kappa shape index (κ2) is 7.26. The number of aryl methyl sites for hydroxylation is 2. The molecule has 1 aromatic carbocycles. The van der Waals surface area contributed by atoms with Gasteiger partial charge in [0.15, 0.2) is 0 Å². The number of nitrogens with zero attached hydrogens (tertiary/aromatic N) is 2. The van der Waals surface area contributed by atoms with Crippen molar-refractivity contribution in [3.05, 3.63) is 58.3 Å². The van der Waals surface area contributed by atoms with Gasteiger partial charge in [-0.25, -0.2) is 4.98 Å². The Morgan fingerprint density at radius 1 is 1.24 bits per heavy atom. The van der Waals surface area contributed by atoms with E-state index in [1.54, 1.807) is 18.9 Å². The summed E-state index contributed by atoms with van der Waals surface area (Å²) in [6.45, 7) is 4.45. The first kappa shape index (κ1) is 15.6. The topological polar surface area (TPSA) is 45.9 Å². The zero-order valence-electron chi connectivity index (χ0n) is 12.5. The minimum atomic E-state index is 0.435. The molecule has 0 N–H and O–H groups in total. The van der Waals surface area contributed by atoms with Crippen LogP contribution < -0.4 is 0 Å². The van der Waals surface area contributed by atoms with E-state index in [-0.39, 0.29) is 0 Å². The Kier molecular flexibility index (Phi) is 5.38. The minimum Gasteiger partial charge on any atom is -0.380 e. The van der Waals surface area contributed by atoms with Gasteiger partial charge in [0.25, 0.3) is 0 Å². The second-order valence-electron chi connectivity index (χ2n) is 4.92. The van der Waals surface area contributed by atoms with Crippen molar-refractivity contribution < 1.29 is 4.74 Å². The van der Waals surface area contributed by atoms with Crippen LogP contribution >= 0.6 is 11.8 Å². The Bertz CT molecular complexity index is 660. The van der Waals surface area contributed by atoms with Crippen molar-refractivity contribution in [2.24, 2.45) is 0 Å². The molecule has 0 spiro atoms. The molecule has 4 heteroatoms. The van der Waals surface area contributed by atoms with E-state index < -0.39 is 0 Å². The Hall–Kier alpha value is -1.83. The third-order valence-corrected chi connectivity index (χ3v) is 4.15. The highest BCUT2D eigenvalue weighted by Crippen LogP contribution is 2.27. The maximum atomic E-state index is 9.39. The van der Waals surface area contributed by atoms with Crippen LogP contribution in [0.15, 0.2) is 35.4 Å². The zero-order valence-corrected chi connectivity index (χ0v) is 13.3. The first-order valence-corrected chi connectivity index (χ1v) is 7.70. The van der Waals surface area contributed by atoms with E-state index in [9.17, 15) is 5.26 Å². The first-order chi connectivity index (χ1) is 10.1. The lowest BCUT2D eigenvalue weighted by Crippen LogP contribution is -1.99. The van der Waals surface area contributed by atoms with E-state index in [1.807, 2.05) is 13.0 Å². The lowest BCUT2D eigenvalue weighted by atomic mass is 10.1. The largest absolute Gasteiger partial charge is 0.380 e. The van der Waals surface area contributed by atoms with Crippen LogP contribution in [0.2, 0.25) is 0 Å². The maximum Gasteiger partial charge on any atom is 0.115 e. The summed E-state index contributed by atoms with van der Waals surface area (Å²) in [6.07, 6.45) is 0. The molecule has 0 unspecified atom stereocenters. The third-order valence-electron chi connectivity index (χ3n) is 3.10. The van der Waals surface area contributed by atoms with Crippen molar-refractivity contribution in [1.82, 2.24) is 4.98 Å². The van der Waals surface area contributed by atoms with Gasteiger partial charge in [-0.15, -0.1) is 11.8 Å². The SMILES string of the molecule is COCc1cc(C)nc(SCc2ccc(C)cc2)c1C#N. The van der Waals surface area contributed by atoms with Crippen LogP contribution in [0, 0.1) is 25.2 Å². The van der Waals surface area contributed by atoms with Crippen LogP contribution in [0.5, 0.6) is 0 Å². The van der Waals surface area contributed by atoms with Crippen molar-refractivity contribution in [3.8, 4) is 6.07 Å². The Morgan fingerprint density at radius 2 is 1.95 bits per heavy atom. The summed E-state index contributed by atoms with van der Waals surface area (Å²) in [4.78, 5) is 4.50. The van der Waals surface area contributed by atoms with E-state index in [2.05, 4.69) is 42.2 Å². The number of nitriles is 1. The molecule has 21 heavy (non-hydrogen) atoms. The molecular formula is C17H18N2OS. The van der Waals surface area contributed by atoms with Gasteiger partial charge >= 0.3 is 0 Å². The predicted octanol–water partition coefficient (Wildman–Crippen LogP) is 4.01. The number of aromatic nitrogens is 1. The Labute approximate surface area is 130 Å². The smallest absolute Gasteiger partial charge is 0.115 e. The maximum absolute atomic E-state index is 9.39. The molecule has 108 valence electrons. The highest BCUT2D eigenvalue weighted by Gasteiger charge is 2.12. The van der Waals surface area contributed by atoms with Crippen molar-refractivity contribution >= 4 is 11.8 Å². The quantitative estimate of drug-likeness (QED) is 0.782. The average molecular weight is 298 g/mol. The normalized spacial score (nSPS) is 10.4. The summed E-state index contributed by atoms with van der Waals surface area (Å²) < 4.78 is 5.17. The summed E-state index contributed by atoms with van der Waals surface area (Å²) >= 11 is 1.60. The van der Waals surface area contributed by atoms with Crippen molar-refractivity contribution in [2.45, 2.75) is 31.2 Å². The van der Waals surface area contributed by atoms with Crippen molar-refractivity contribution in [1.29, 1.82) is 5.26 Å². The van der Waals surface area contributed by atoms with Gasteiger partial charge in [-0.3, -0.25) is 0 Å². The number of pyridine rings is 1. The van der Waals surface area contributed by atoms with Gasteiger partial charge in [0.2, 0.25) is 0 Å². The zero-order chi connectivity index (χ0) is 15.2. The summed E-state index contributed by atoms with van der Waals surface area (Å²) in [6, 6.07) is 12.6. The Balaban J connectivity index is 2.22. The van der Waals surface area contributed by atoms with Crippen LogP contribution in [0.25, 0.3) is 0 Å². The monoisotopic (exact) mass is 298 g/mol. The molecule has 2 aromatic rings. The van der Waals surface area contributed by atoms with Crippen molar-refractivity contribution in [2.75, 3.05) is 7.11 Å². The van der Waals surface area contributed by atoms with E-state index in [1.165, 1.54) is 11.1 Å². The third kappa shape index (κ3) is 4.07. The number of ether oxygens (including phenoxy) is 1. The van der Waals surface area contributed by atoms with E-state index in [0.29, 0.717) is 12.2 Å². The fraction of sp³-hybridized carbons (Fsp3) is 0.294. The Morgan fingerprint density at radius 3 is 2.57 bits per heavy atom. The molecule has 0 fully saturated rings.